The highest BCUT2D eigenvalue weighted by Crippen LogP contribution is 2.30. The van der Waals surface area contributed by atoms with E-state index in [1.54, 1.807) is 12.1 Å². The summed E-state index contributed by atoms with van der Waals surface area (Å²) in [6, 6.07) is 10.6. The lowest BCUT2D eigenvalue weighted by atomic mass is 9.95. The molecule has 1 aliphatic heterocycles. The third kappa shape index (κ3) is 4.60. The first kappa shape index (κ1) is 20.1. The lowest BCUT2D eigenvalue weighted by molar-refractivity contribution is -0.136. The van der Waals surface area contributed by atoms with E-state index in [1.165, 1.54) is 6.07 Å². The smallest absolute Gasteiger partial charge is 0.303 e. The molecule has 0 fully saturated rings. The van der Waals surface area contributed by atoms with E-state index in [0.29, 0.717) is 38.2 Å². The first-order valence-electron chi connectivity index (χ1n) is 9.44. The number of carbonyl (C=O) groups is 1. The second-order valence-corrected chi connectivity index (χ2v) is 7.02. The quantitative estimate of drug-likeness (QED) is 0.751. The summed E-state index contributed by atoms with van der Waals surface area (Å²) in [5, 5.41) is 8.89. The number of carboxylic acid groups (broad SMARTS) is 1. The van der Waals surface area contributed by atoms with Crippen LogP contribution in [0.2, 0.25) is 0 Å². The molecule has 5 heteroatoms. The zero-order chi connectivity index (χ0) is 20.1. The lowest BCUT2D eigenvalue weighted by Gasteiger charge is -2.22. The molecule has 1 aliphatic rings. The zero-order valence-electron chi connectivity index (χ0n) is 16.3. The summed E-state index contributed by atoms with van der Waals surface area (Å²) >= 11 is 0. The molecule has 2 aromatic carbocycles. The molecule has 1 N–H and O–H groups in total. The van der Waals surface area contributed by atoms with Crippen molar-refractivity contribution >= 4 is 11.5 Å². The Morgan fingerprint density at radius 2 is 1.96 bits per heavy atom. The number of ether oxygens (including phenoxy) is 2. The van der Waals surface area contributed by atoms with Crippen LogP contribution in [0.4, 0.5) is 4.39 Å². The van der Waals surface area contributed by atoms with Gasteiger partial charge in [-0.25, -0.2) is 4.39 Å². The van der Waals surface area contributed by atoms with Crippen molar-refractivity contribution in [3.63, 3.8) is 0 Å². The first-order valence-corrected chi connectivity index (χ1v) is 9.44. The fraction of sp³-hybridized carbons (Fsp3) is 0.348. The molecule has 2 aromatic rings. The molecule has 0 saturated heterocycles. The maximum atomic E-state index is 14.2. The van der Waals surface area contributed by atoms with Gasteiger partial charge in [-0.1, -0.05) is 24.3 Å². The van der Waals surface area contributed by atoms with Crippen LogP contribution >= 0.6 is 0 Å². The minimum Gasteiger partial charge on any atom is -0.489 e. The summed E-state index contributed by atoms with van der Waals surface area (Å²) in [6.07, 6.45) is 1.27. The summed E-state index contributed by atoms with van der Waals surface area (Å²) < 4.78 is 25.9. The van der Waals surface area contributed by atoms with Crippen LogP contribution in [-0.2, 0) is 16.0 Å². The minimum atomic E-state index is -0.803. The molecule has 0 spiro atoms. The van der Waals surface area contributed by atoms with Crippen LogP contribution in [0.25, 0.3) is 5.57 Å². The average molecular weight is 384 g/mol. The largest absolute Gasteiger partial charge is 0.489 e. The molecule has 0 atom stereocenters. The van der Waals surface area contributed by atoms with Gasteiger partial charge in [0.15, 0.2) is 0 Å². The Morgan fingerprint density at radius 3 is 2.71 bits per heavy atom. The highest BCUT2D eigenvalue weighted by Gasteiger charge is 2.18. The molecule has 0 aromatic heterocycles. The molecule has 0 bridgehead atoms. The Kier molecular flexibility index (Phi) is 6.47. The Morgan fingerprint density at radius 1 is 1.18 bits per heavy atom. The lowest BCUT2D eigenvalue weighted by Crippen LogP contribution is -2.17. The summed E-state index contributed by atoms with van der Waals surface area (Å²) in [6.45, 7) is 5.28. The molecule has 0 radical (unpaired) electrons. The molecule has 0 aliphatic carbocycles. The van der Waals surface area contributed by atoms with Gasteiger partial charge < -0.3 is 14.6 Å². The van der Waals surface area contributed by atoms with Gasteiger partial charge in [-0.2, -0.15) is 0 Å². The number of carboxylic acids is 1. The van der Waals surface area contributed by atoms with E-state index >= 15 is 0 Å². The van der Waals surface area contributed by atoms with Crippen LogP contribution in [-0.4, -0.2) is 30.9 Å². The van der Waals surface area contributed by atoms with Gasteiger partial charge in [0.1, 0.15) is 18.2 Å². The Hall–Kier alpha value is -2.66. The highest BCUT2D eigenvalue weighted by molar-refractivity contribution is 5.70. The number of benzene rings is 2. The zero-order valence-corrected chi connectivity index (χ0v) is 16.3. The van der Waals surface area contributed by atoms with E-state index in [0.717, 1.165) is 33.6 Å². The van der Waals surface area contributed by atoms with Gasteiger partial charge in [0.2, 0.25) is 0 Å². The van der Waals surface area contributed by atoms with Crippen molar-refractivity contribution in [1.29, 1.82) is 0 Å². The molecule has 0 unspecified atom stereocenters. The van der Waals surface area contributed by atoms with Crippen molar-refractivity contribution in [2.24, 2.45) is 0 Å². The summed E-state index contributed by atoms with van der Waals surface area (Å²) in [5.41, 5.74) is 5.57. The van der Waals surface area contributed by atoms with Crippen molar-refractivity contribution < 1.29 is 23.8 Å². The maximum absolute atomic E-state index is 14.2. The Labute approximate surface area is 164 Å². The number of halogens is 1. The van der Waals surface area contributed by atoms with Crippen LogP contribution in [0.5, 0.6) is 5.75 Å². The van der Waals surface area contributed by atoms with Gasteiger partial charge in [-0.05, 0) is 66.7 Å². The van der Waals surface area contributed by atoms with E-state index in [-0.39, 0.29) is 12.2 Å². The second-order valence-electron chi connectivity index (χ2n) is 7.02. The van der Waals surface area contributed by atoms with E-state index < -0.39 is 5.97 Å². The fourth-order valence-corrected chi connectivity index (χ4v) is 3.48. The number of hydrogen-bond acceptors (Lipinski definition) is 3. The van der Waals surface area contributed by atoms with Crippen LogP contribution in [0.1, 0.15) is 35.1 Å². The van der Waals surface area contributed by atoms with Crippen molar-refractivity contribution in [3.05, 3.63) is 70.0 Å². The van der Waals surface area contributed by atoms with Crippen molar-refractivity contribution in [2.45, 2.75) is 33.1 Å². The van der Waals surface area contributed by atoms with Gasteiger partial charge in [-0.3, -0.25) is 4.79 Å². The highest BCUT2D eigenvalue weighted by atomic mass is 19.1. The van der Waals surface area contributed by atoms with Crippen molar-refractivity contribution in [1.82, 2.24) is 0 Å². The number of aliphatic carboxylic acids is 1. The number of hydrogen-bond donors (Lipinski definition) is 1. The summed E-state index contributed by atoms with van der Waals surface area (Å²) in [5.74, 6) is -0.281. The van der Waals surface area contributed by atoms with Crippen molar-refractivity contribution in [2.75, 3.05) is 19.8 Å². The van der Waals surface area contributed by atoms with Gasteiger partial charge in [0, 0.05) is 12.0 Å². The van der Waals surface area contributed by atoms with Gasteiger partial charge in [-0.15, -0.1) is 0 Å². The number of aryl methyl sites for hydroxylation is 1. The molecule has 1 heterocycles. The predicted molar refractivity (Wildman–Crippen MR) is 106 cm³/mol. The van der Waals surface area contributed by atoms with Crippen LogP contribution < -0.4 is 4.74 Å². The van der Waals surface area contributed by atoms with E-state index in [2.05, 4.69) is 0 Å². The van der Waals surface area contributed by atoms with Crippen molar-refractivity contribution in [3.8, 4) is 5.75 Å². The standard InChI is InChI=1S/C23H25FO4/c1-15-16(2)22(9-7-17(15)8-10-23(25)26)28-14-18-13-27-12-11-19(18)20-5-3-4-6-21(20)24/h3-7,9H,8,10-14H2,1-2H3,(H,25,26). The topological polar surface area (TPSA) is 55.8 Å². The van der Waals surface area contributed by atoms with Gasteiger partial charge in [0.05, 0.1) is 13.2 Å². The predicted octanol–water partition coefficient (Wildman–Crippen LogP) is 4.71. The molecule has 0 amide bonds. The third-order valence-corrected chi connectivity index (χ3v) is 5.26. The molecule has 28 heavy (non-hydrogen) atoms. The monoisotopic (exact) mass is 384 g/mol. The number of rotatable bonds is 7. The van der Waals surface area contributed by atoms with E-state index in [1.807, 2.05) is 32.0 Å². The van der Waals surface area contributed by atoms with Gasteiger partial charge in [0.25, 0.3) is 0 Å². The minimum absolute atomic E-state index is 0.108. The molecular formula is C23H25FO4. The second kappa shape index (κ2) is 9.02. The molecule has 148 valence electrons. The normalized spacial score (nSPS) is 14.2. The third-order valence-electron chi connectivity index (χ3n) is 5.26. The van der Waals surface area contributed by atoms with Crippen LogP contribution in [0, 0.1) is 19.7 Å². The van der Waals surface area contributed by atoms with E-state index in [4.69, 9.17) is 14.6 Å². The first-order chi connectivity index (χ1) is 13.5. The Bertz CT molecular complexity index is 901. The molecule has 0 saturated carbocycles. The average Bonchev–Trinajstić information content (AvgIpc) is 2.69. The van der Waals surface area contributed by atoms with Crippen LogP contribution in [0.3, 0.4) is 0 Å². The fourth-order valence-electron chi connectivity index (χ4n) is 3.48. The van der Waals surface area contributed by atoms with Gasteiger partial charge >= 0.3 is 5.97 Å². The summed E-state index contributed by atoms with van der Waals surface area (Å²) in [4.78, 5) is 10.8. The molecular weight excluding hydrogens is 359 g/mol. The summed E-state index contributed by atoms with van der Waals surface area (Å²) in [7, 11) is 0. The van der Waals surface area contributed by atoms with E-state index in [9.17, 15) is 9.18 Å². The SMILES string of the molecule is Cc1c(CCC(=O)O)ccc(OCC2=C(c3ccccc3F)CCOC2)c1C. The van der Waals surface area contributed by atoms with Crippen LogP contribution in [0.15, 0.2) is 42.0 Å². The molecule has 3 rings (SSSR count). The Balaban J connectivity index is 1.79. The molecule has 4 nitrogen and oxygen atoms in total. The maximum Gasteiger partial charge on any atom is 0.303 e.